The van der Waals surface area contributed by atoms with E-state index < -0.39 is 0 Å². The molecular formula is C16H19NO. The first-order chi connectivity index (χ1) is 8.75. The fraction of sp³-hybridized carbons (Fsp3) is 0.250. The van der Waals surface area contributed by atoms with E-state index in [0.717, 1.165) is 18.7 Å². The molecule has 0 saturated heterocycles. The predicted molar refractivity (Wildman–Crippen MR) is 74.7 cm³/mol. The van der Waals surface area contributed by atoms with Gasteiger partial charge in [0.25, 0.3) is 0 Å². The van der Waals surface area contributed by atoms with Crippen LogP contribution in [-0.2, 0) is 6.42 Å². The van der Waals surface area contributed by atoms with E-state index in [0.29, 0.717) is 0 Å². The number of hydrogen-bond donors (Lipinski definition) is 1. The first-order valence-corrected chi connectivity index (χ1v) is 6.26. The third-order valence-corrected chi connectivity index (χ3v) is 2.97. The fourth-order valence-corrected chi connectivity index (χ4v) is 1.82. The smallest absolute Gasteiger partial charge is 0.147 e. The average molecular weight is 241 g/mol. The molecule has 2 nitrogen and oxygen atoms in total. The van der Waals surface area contributed by atoms with Crippen molar-refractivity contribution >= 4 is 0 Å². The van der Waals surface area contributed by atoms with E-state index in [4.69, 9.17) is 4.84 Å². The highest BCUT2D eigenvalue weighted by molar-refractivity contribution is 5.26. The Kier molecular flexibility index (Phi) is 4.37. The van der Waals surface area contributed by atoms with E-state index >= 15 is 0 Å². The molecule has 0 aliphatic rings. The molecule has 2 aromatic rings. The normalized spacial score (nSPS) is 10.3. The average Bonchev–Trinajstić information content (AvgIpc) is 2.39. The summed E-state index contributed by atoms with van der Waals surface area (Å²) in [5, 5.41) is 0. The van der Waals surface area contributed by atoms with Gasteiger partial charge in [-0.1, -0.05) is 42.0 Å². The molecular weight excluding hydrogens is 222 g/mol. The molecule has 0 fully saturated rings. The molecule has 0 amide bonds. The summed E-state index contributed by atoms with van der Waals surface area (Å²) >= 11 is 0. The second-order valence-electron chi connectivity index (χ2n) is 4.49. The van der Waals surface area contributed by atoms with E-state index in [-0.39, 0.29) is 0 Å². The minimum Gasteiger partial charge on any atom is -0.409 e. The second kappa shape index (κ2) is 6.22. The van der Waals surface area contributed by atoms with Crippen molar-refractivity contribution in [3.63, 3.8) is 0 Å². The van der Waals surface area contributed by atoms with Crippen molar-refractivity contribution in [2.24, 2.45) is 0 Å². The highest BCUT2D eigenvalue weighted by Crippen LogP contribution is 2.10. The summed E-state index contributed by atoms with van der Waals surface area (Å²) in [6.45, 7) is 5.00. The van der Waals surface area contributed by atoms with Gasteiger partial charge in [0.15, 0.2) is 0 Å². The Bertz CT molecular complexity index is 491. The van der Waals surface area contributed by atoms with Gasteiger partial charge in [-0.2, -0.15) is 5.48 Å². The lowest BCUT2D eigenvalue weighted by molar-refractivity contribution is 0.197. The number of hydroxylamine groups is 1. The fourth-order valence-electron chi connectivity index (χ4n) is 1.82. The van der Waals surface area contributed by atoms with E-state index in [1.165, 1.54) is 16.7 Å². The molecule has 0 heterocycles. The third-order valence-electron chi connectivity index (χ3n) is 2.97. The largest absolute Gasteiger partial charge is 0.409 e. The highest BCUT2D eigenvalue weighted by Gasteiger charge is 1.97. The third kappa shape index (κ3) is 3.60. The zero-order chi connectivity index (χ0) is 12.8. The Hall–Kier alpha value is -1.80. The van der Waals surface area contributed by atoms with Crippen LogP contribution < -0.4 is 10.3 Å². The van der Waals surface area contributed by atoms with E-state index in [1.807, 2.05) is 24.3 Å². The minimum absolute atomic E-state index is 0.804. The number of benzene rings is 2. The van der Waals surface area contributed by atoms with Crippen molar-refractivity contribution in [1.82, 2.24) is 5.48 Å². The second-order valence-corrected chi connectivity index (χ2v) is 4.49. The number of nitrogens with one attached hydrogen (secondary N) is 1. The van der Waals surface area contributed by atoms with Gasteiger partial charge in [-0.15, -0.1) is 0 Å². The molecule has 2 heteroatoms. The molecule has 2 aromatic carbocycles. The Morgan fingerprint density at radius 3 is 2.39 bits per heavy atom. The monoisotopic (exact) mass is 241 g/mol. The summed E-state index contributed by atoms with van der Waals surface area (Å²) in [5.41, 5.74) is 6.92. The maximum Gasteiger partial charge on any atom is 0.147 e. The molecule has 0 bridgehead atoms. The van der Waals surface area contributed by atoms with Gasteiger partial charge in [-0.05, 0) is 43.5 Å². The van der Waals surface area contributed by atoms with Gasteiger partial charge < -0.3 is 4.84 Å². The molecule has 1 N–H and O–H groups in total. The van der Waals surface area contributed by atoms with Gasteiger partial charge in [0, 0.05) is 6.54 Å². The molecule has 18 heavy (non-hydrogen) atoms. The molecule has 94 valence electrons. The number of rotatable bonds is 5. The van der Waals surface area contributed by atoms with Crippen molar-refractivity contribution < 1.29 is 4.84 Å². The minimum atomic E-state index is 0.804. The SMILES string of the molecule is Cc1ccc(ONCCc2ccccc2C)cc1. The molecule has 0 spiro atoms. The van der Waals surface area contributed by atoms with Crippen LogP contribution in [0.1, 0.15) is 16.7 Å². The Balaban J connectivity index is 1.76. The standard InChI is InChI=1S/C16H19NO/c1-13-7-9-16(10-8-13)18-17-12-11-15-6-4-3-5-14(15)2/h3-10,17H,11-12H2,1-2H3. The van der Waals surface area contributed by atoms with E-state index in [1.54, 1.807) is 0 Å². The predicted octanol–water partition coefficient (Wildman–Crippen LogP) is 3.43. The molecule has 0 atom stereocenters. The van der Waals surface area contributed by atoms with Crippen LogP contribution in [0.15, 0.2) is 48.5 Å². The zero-order valence-corrected chi connectivity index (χ0v) is 10.9. The van der Waals surface area contributed by atoms with Crippen LogP contribution in [0.5, 0.6) is 5.75 Å². The van der Waals surface area contributed by atoms with Crippen LogP contribution in [0.3, 0.4) is 0 Å². The molecule has 0 saturated carbocycles. The molecule has 0 aromatic heterocycles. The summed E-state index contributed by atoms with van der Waals surface area (Å²) in [6, 6.07) is 16.4. The van der Waals surface area contributed by atoms with Gasteiger partial charge in [0.05, 0.1) is 0 Å². The quantitative estimate of drug-likeness (QED) is 0.639. The first kappa shape index (κ1) is 12.7. The maximum absolute atomic E-state index is 5.47. The first-order valence-electron chi connectivity index (χ1n) is 6.26. The lowest BCUT2D eigenvalue weighted by atomic mass is 10.1. The summed E-state index contributed by atoms with van der Waals surface area (Å²) in [5.74, 6) is 0.852. The van der Waals surface area contributed by atoms with Crippen LogP contribution in [0.25, 0.3) is 0 Å². The Labute approximate surface area is 109 Å². The van der Waals surface area contributed by atoms with Crippen molar-refractivity contribution in [3.05, 3.63) is 65.2 Å². The Morgan fingerprint density at radius 2 is 1.67 bits per heavy atom. The summed E-state index contributed by atoms with van der Waals surface area (Å²) < 4.78 is 0. The van der Waals surface area contributed by atoms with Gasteiger partial charge in [0.2, 0.25) is 0 Å². The summed E-state index contributed by atoms with van der Waals surface area (Å²) in [4.78, 5) is 5.47. The van der Waals surface area contributed by atoms with E-state index in [9.17, 15) is 0 Å². The van der Waals surface area contributed by atoms with Crippen LogP contribution in [-0.4, -0.2) is 6.54 Å². The van der Waals surface area contributed by atoms with Crippen molar-refractivity contribution in [3.8, 4) is 5.75 Å². The van der Waals surface area contributed by atoms with Crippen LogP contribution in [0.4, 0.5) is 0 Å². The zero-order valence-electron chi connectivity index (χ0n) is 10.9. The van der Waals surface area contributed by atoms with Crippen LogP contribution in [0.2, 0.25) is 0 Å². The van der Waals surface area contributed by atoms with Crippen molar-refractivity contribution in [2.45, 2.75) is 20.3 Å². The van der Waals surface area contributed by atoms with Gasteiger partial charge in [0.1, 0.15) is 5.75 Å². The van der Waals surface area contributed by atoms with E-state index in [2.05, 4.69) is 43.6 Å². The molecule has 0 radical (unpaired) electrons. The highest BCUT2D eigenvalue weighted by atomic mass is 16.6. The van der Waals surface area contributed by atoms with Gasteiger partial charge in [-0.3, -0.25) is 0 Å². The van der Waals surface area contributed by atoms with Crippen LogP contribution in [0, 0.1) is 13.8 Å². The maximum atomic E-state index is 5.47. The van der Waals surface area contributed by atoms with Crippen molar-refractivity contribution in [1.29, 1.82) is 0 Å². The topological polar surface area (TPSA) is 21.3 Å². The molecule has 0 aliphatic heterocycles. The van der Waals surface area contributed by atoms with Crippen LogP contribution >= 0.6 is 0 Å². The van der Waals surface area contributed by atoms with Gasteiger partial charge >= 0.3 is 0 Å². The van der Waals surface area contributed by atoms with Crippen molar-refractivity contribution in [2.75, 3.05) is 6.54 Å². The summed E-state index contributed by atoms with van der Waals surface area (Å²) in [6.07, 6.45) is 0.971. The summed E-state index contributed by atoms with van der Waals surface area (Å²) in [7, 11) is 0. The molecule has 0 unspecified atom stereocenters. The lowest BCUT2D eigenvalue weighted by Crippen LogP contribution is -2.21. The Morgan fingerprint density at radius 1 is 0.944 bits per heavy atom. The molecule has 0 aliphatic carbocycles. The molecule has 2 rings (SSSR count). The number of aryl methyl sites for hydroxylation is 2. The van der Waals surface area contributed by atoms with Gasteiger partial charge in [-0.25, -0.2) is 0 Å². The lowest BCUT2D eigenvalue weighted by Gasteiger charge is -2.08. The number of hydrogen-bond acceptors (Lipinski definition) is 2.